The second-order valence-corrected chi connectivity index (χ2v) is 6.86. The summed E-state index contributed by atoms with van der Waals surface area (Å²) >= 11 is 0. The predicted octanol–water partition coefficient (Wildman–Crippen LogP) is 4.95. The summed E-state index contributed by atoms with van der Waals surface area (Å²) < 4.78 is 27.1. The number of pyridine rings is 1. The molecule has 0 bridgehead atoms. The van der Waals surface area contributed by atoms with Gasteiger partial charge in [0.05, 0.1) is 17.2 Å². The Kier molecular flexibility index (Phi) is 5.10. The lowest BCUT2D eigenvalue weighted by atomic mass is 9.90. The average Bonchev–Trinajstić information content (AvgIpc) is 3.15. The lowest BCUT2D eigenvalue weighted by Gasteiger charge is -2.12. The van der Waals surface area contributed by atoms with E-state index in [1.54, 1.807) is 18.5 Å². The van der Waals surface area contributed by atoms with E-state index in [1.165, 1.54) is 0 Å². The monoisotopic (exact) mass is 406 g/mol. The van der Waals surface area contributed by atoms with Gasteiger partial charge in [0.25, 0.3) is 0 Å². The quantitative estimate of drug-likeness (QED) is 0.444. The molecule has 2 aromatic carbocycles. The van der Waals surface area contributed by atoms with Crippen molar-refractivity contribution in [1.29, 1.82) is 0 Å². The summed E-state index contributed by atoms with van der Waals surface area (Å²) in [6.45, 7) is 0. The number of ketones is 1. The van der Waals surface area contributed by atoms with E-state index in [2.05, 4.69) is 9.97 Å². The van der Waals surface area contributed by atoms with Crippen LogP contribution in [0.15, 0.2) is 67.0 Å². The molecule has 0 fully saturated rings. The van der Waals surface area contributed by atoms with Crippen LogP contribution in [0.1, 0.15) is 28.3 Å². The summed E-state index contributed by atoms with van der Waals surface area (Å²) in [5.41, 5.74) is 2.30. The van der Waals surface area contributed by atoms with Gasteiger partial charge >= 0.3 is 5.97 Å². The number of nitrogens with one attached hydrogen (secondary N) is 1. The van der Waals surface area contributed by atoms with Gasteiger partial charge in [0.1, 0.15) is 11.6 Å². The molecule has 150 valence electrons. The van der Waals surface area contributed by atoms with Crippen LogP contribution in [0.2, 0.25) is 0 Å². The van der Waals surface area contributed by atoms with E-state index in [1.807, 2.05) is 30.3 Å². The van der Waals surface area contributed by atoms with Gasteiger partial charge in [0.2, 0.25) is 0 Å². The number of H-pyrrole nitrogens is 1. The smallest absolute Gasteiger partial charge is 0.311 e. The van der Waals surface area contributed by atoms with Gasteiger partial charge < -0.3 is 10.1 Å². The second kappa shape index (κ2) is 7.87. The number of carboxylic acid groups (broad SMARTS) is 1. The van der Waals surface area contributed by atoms with Crippen molar-refractivity contribution in [3.05, 3.63) is 89.8 Å². The zero-order chi connectivity index (χ0) is 21.3. The van der Waals surface area contributed by atoms with E-state index < -0.39 is 35.7 Å². The number of rotatable bonds is 6. The molecule has 7 heteroatoms. The van der Waals surface area contributed by atoms with Gasteiger partial charge in [-0.2, -0.15) is 0 Å². The van der Waals surface area contributed by atoms with Gasteiger partial charge in [-0.15, -0.1) is 0 Å². The van der Waals surface area contributed by atoms with Gasteiger partial charge in [0.15, 0.2) is 5.78 Å². The lowest BCUT2D eigenvalue weighted by molar-refractivity contribution is -0.138. The number of nitrogens with zero attached hydrogens (tertiary/aromatic N) is 1. The highest BCUT2D eigenvalue weighted by Gasteiger charge is 2.28. The van der Waals surface area contributed by atoms with E-state index in [0.29, 0.717) is 22.5 Å². The fraction of sp³-hybridized carbons (Fsp3) is 0.0870. The van der Waals surface area contributed by atoms with Crippen LogP contribution in [0.3, 0.4) is 0 Å². The fourth-order valence-corrected chi connectivity index (χ4v) is 3.46. The summed E-state index contributed by atoms with van der Waals surface area (Å²) in [6.07, 6.45) is 2.74. The van der Waals surface area contributed by atoms with E-state index in [-0.39, 0.29) is 5.56 Å². The van der Waals surface area contributed by atoms with Crippen LogP contribution >= 0.6 is 0 Å². The van der Waals surface area contributed by atoms with E-state index in [9.17, 15) is 23.5 Å². The number of halogens is 2. The molecule has 0 amide bonds. The van der Waals surface area contributed by atoms with Gasteiger partial charge in [0, 0.05) is 41.3 Å². The number of aromatic nitrogens is 2. The first-order valence-electron chi connectivity index (χ1n) is 9.17. The Bertz CT molecular complexity index is 1250. The molecule has 4 aromatic rings. The molecule has 0 aliphatic rings. The van der Waals surface area contributed by atoms with E-state index >= 15 is 0 Å². The Labute approximate surface area is 170 Å². The predicted molar refractivity (Wildman–Crippen MR) is 107 cm³/mol. The molecule has 2 N–H and O–H groups in total. The first-order valence-corrected chi connectivity index (χ1v) is 9.17. The maximum Gasteiger partial charge on any atom is 0.311 e. The van der Waals surface area contributed by atoms with Gasteiger partial charge in [-0.1, -0.05) is 12.1 Å². The topological polar surface area (TPSA) is 83.0 Å². The number of carboxylic acids is 1. The molecule has 0 saturated heterocycles. The summed E-state index contributed by atoms with van der Waals surface area (Å²) in [6, 6.07) is 13.6. The zero-order valence-electron chi connectivity index (χ0n) is 15.6. The fourth-order valence-electron chi connectivity index (χ4n) is 3.46. The van der Waals surface area contributed by atoms with Gasteiger partial charge in [-0.25, -0.2) is 8.78 Å². The maximum absolute atomic E-state index is 14.0. The number of benzene rings is 2. The molecule has 0 aliphatic heterocycles. The van der Waals surface area contributed by atoms with Crippen LogP contribution in [0.5, 0.6) is 0 Å². The third-order valence-corrected chi connectivity index (χ3v) is 4.97. The van der Waals surface area contributed by atoms with Crippen molar-refractivity contribution < 1.29 is 23.5 Å². The van der Waals surface area contributed by atoms with Crippen molar-refractivity contribution >= 4 is 22.7 Å². The minimum absolute atomic E-state index is 0.336. The molecule has 0 radical (unpaired) electrons. The Morgan fingerprint density at radius 2 is 1.90 bits per heavy atom. The Morgan fingerprint density at radius 3 is 2.60 bits per heavy atom. The number of hydrogen-bond acceptors (Lipinski definition) is 3. The number of aliphatic carboxylic acids is 1. The normalized spacial score (nSPS) is 12.1. The number of fused-ring (bicyclic) bond motifs is 1. The second-order valence-electron chi connectivity index (χ2n) is 6.86. The van der Waals surface area contributed by atoms with E-state index in [0.717, 1.165) is 23.4 Å². The SMILES string of the molecule is O=C(CC(C(=O)O)c1c[nH]c2ccc(-c3ccccn3)cc12)c1ccc(F)cc1F. The number of aromatic amines is 1. The van der Waals surface area contributed by atoms with Crippen molar-refractivity contribution in [2.24, 2.45) is 0 Å². The highest BCUT2D eigenvalue weighted by Crippen LogP contribution is 2.32. The molecule has 2 heterocycles. The number of carbonyl (C=O) groups excluding carboxylic acids is 1. The molecule has 4 rings (SSSR count). The molecule has 0 aliphatic carbocycles. The number of carbonyl (C=O) groups is 2. The summed E-state index contributed by atoms with van der Waals surface area (Å²) in [5, 5.41) is 10.4. The standard InChI is InChI=1S/C23H16F2N2O3/c24-14-5-6-15(19(25)10-14)22(28)11-17(23(29)30)18-12-27-21-7-4-13(9-16(18)21)20-3-1-2-8-26-20/h1-10,12,17,27H,11H2,(H,29,30). The highest BCUT2D eigenvalue weighted by molar-refractivity contribution is 6.01. The lowest BCUT2D eigenvalue weighted by Crippen LogP contribution is -2.17. The van der Waals surface area contributed by atoms with Crippen molar-refractivity contribution in [2.45, 2.75) is 12.3 Å². The molecule has 5 nitrogen and oxygen atoms in total. The third-order valence-electron chi connectivity index (χ3n) is 4.97. The van der Waals surface area contributed by atoms with Crippen molar-refractivity contribution in [1.82, 2.24) is 9.97 Å². The molecule has 2 aromatic heterocycles. The van der Waals surface area contributed by atoms with Crippen LogP contribution < -0.4 is 0 Å². The molecular formula is C23H16F2N2O3. The molecule has 30 heavy (non-hydrogen) atoms. The summed E-state index contributed by atoms with van der Waals surface area (Å²) in [4.78, 5) is 31.9. The van der Waals surface area contributed by atoms with Crippen molar-refractivity contribution in [3.63, 3.8) is 0 Å². The van der Waals surface area contributed by atoms with Crippen LogP contribution in [-0.4, -0.2) is 26.8 Å². The Hall–Kier alpha value is -3.87. The number of hydrogen-bond donors (Lipinski definition) is 2. The summed E-state index contributed by atoms with van der Waals surface area (Å²) in [7, 11) is 0. The van der Waals surface area contributed by atoms with Crippen LogP contribution in [-0.2, 0) is 4.79 Å². The van der Waals surface area contributed by atoms with Gasteiger partial charge in [-0.3, -0.25) is 14.6 Å². The molecule has 0 saturated carbocycles. The molecule has 1 unspecified atom stereocenters. The number of Topliss-reactive ketones (excluding diaryl/α,β-unsaturated/α-hetero) is 1. The van der Waals surface area contributed by atoms with Gasteiger partial charge in [-0.05, 0) is 42.0 Å². The average molecular weight is 406 g/mol. The first-order chi connectivity index (χ1) is 14.4. The maximum atomic E-state index is 14.0. The highest BCUT2D eigenvalue weighted by atomic mass is 19.1. The van der Waals surface area contributed by atoms with Crippen LogP contribution in [0.25, 0.3) is 22.2 Å². The zero-order valence-corrected chi connectivity index (χ0v) is 15.6. The largest absolute Gasteiger partial charge is 0.481 e. The minimum Gasteiger partial charge on any atom is -0.481 e. The molecule has 0 spiro atoms. The van der Waals surface area contributed by atoms with E-state index in [4.69, 9.17) is 0 Å². The molecular weight excluding hydrogens is 390 g/mol. The summed E-state index contributed by atoms with van der Waals surface area (Å²) in [5.74, 6) is -4.95. The molecule has 1 atom stereocenters. The first kappa shape index (κ1) is 19.4. The van der Waals surface area contributed by atoms with Crippen molar-refractivity contribution in [3.8, 4) is 11.3 Å². The third kappa shape index (κ3) is 3.69. The Balaban J connectivity index is 1.72. The van der Waals surface area contributed by atoms with Crippen LogP contribution in [0, 0.1) is 11.6 Å². The van der Waals surface area contributed by atoms with Crippen LogP contribution in [0.4, 0.5) is 8.78 Å². The Morgan fingerprint density at radius 1 is 1.07 bits per heavy atom. The minimum atomic E-state index is -1.21. The van der Waals surface area contributed by atoms with Crippen molar-refractivity contribution in [2.75, 3.05) is 0 Å².